The molecule has 0 bridgehead atoms. The average Bonchev–Trinajstić information content (AvgIpc) is 2.17. The molecule has 0 aromatic heterocycles. The van der Waals surface area contributed by atoms with E-state index in [2.05, 4.69) is 0 Å². The standard InChI is InChI=1S/C5H5.2FH.Zr/c1-2-4-5-3-1;;;/h1-5H;2*1H;/q;;;+2/p-2. The fourth-order valence-corrected chi connectivity index (χ4v) is 0.321. The van der Waals surface area contributed by atoms with E-state index in [1.54, 1.807) is 0 Å². The molecule has 0 spiro atoms. The molecule has 0 saturated heterocycles. The van der Waals surface area contributed by atoms with Crippen LogP contribution in [0.3, 0.4) is 0 Å². The summed E-state index contributed by atoms with van der Waals surface area (Å²) in [7, 11) is 0. The molecule has 0 heterocycles. The monoisotopic (exact) mass is 193 g/mol. The van der Waals surface area contributed by atoms with Crippen LogP contribution in [0, 0.1) is 6.42 Å². The first-order valence-electron chi connectivity index (χ1n) is 2.04. The molecule has 8 heavy (non-hydrogen) atoms. The number of rotatable bonds is 0. The van der Waals surface area contributed by atoms with Crippen LogP contribution in [0.25, 0.3) is 0 Å². The summed E-state index contributed by atoms with van der Waals surface area (Å²) < 4.78 is 19.6. The first kappa shape index (κ1) is 8.22. The van der Waals surface area contributed by atoms with Crippen LogP contribution >= 0.6 is 0 Å². The Kier molecular flexibility index (Phi) is 7.42. The van der Waals surface area contributed by atoms with E-state index >= 15 is 0 Å². The number of halogens is 2. The Balaban J connectivity index is 0.000000145. The van der Waals surface area contributed by atoms with Crippen LogP contribution in [0.5, 0.6) is 0 Å². The van der Waals surface area contributed by atoms with Crippen LogP contribution in [0.4, 0.5) is 5.25 Å². The van der Waals surface area contributed by atoms with Crippen molar-refractivity contribution in [2.45, 2.75) is 0 Å². The van der Waals surface area contributed by atoms with E-state index in [1.807, 2.05) is 30.7 Å². The van der Waals surface area contributed by atoms with Crippen LogP contribution in [-0.2, 0) is 24.5 Å². The summed E-state index contributed by atoms with van der Waals surface area (Å²) >= 11 is -2.77. The molecule has 1 aliphatic carbocycles. The molecule has 1 radical (unpaired) electrons. The van der Waals surface area contributed by atoms with Crippen molar-refractivity contribution >= 4 is 0 Å². The van der Waals surface area contributed by atoms with E-state index < -0.39 is 24.5 Å². The Morgan fingerprint density at radius 2 is 1.25 bits per heavy atom. The molecule has 0 unspecified atom stereocenters. The van der Waals surface area contributed by atoms with Crippen molar-refractivity contribution in [3.8, 4) is 0 Å². The summed E-state index contributed by atoms with van der Waals surface area (Å²) in [5.74, 6) is 0. The Morgan fingerprint density at radius 1 is 0.875 bits per heavy atom. The summed E-state index contributed by atoms with van der Waals surface area (Å²) in [4.78, 5) is 0. The van der Waals surface area contributed by atoms with Crippen molar-refractivity contribution in [2.24, 2.45) is 0 Å². The quantitative estimate of drug-likeness (QED) is 0.554. The van der Waals surface area contributed by atoms with Crippen molar-refractivity contribution in [3.05, 3.63) is 30.7 Å². The van der Waals surface area contributed by atoms with E-state index in [4.69, 9.17) is 0 Å². The minimum atomic E-state index is -2.77. The second kappa shape index (κ2) is 7.22. The second-order valence-corrected chi connectivity index (χ2v) is 1.38. The topological polar surface area (TPSA) is 0 Å². The SMILES string of the molecule is [CH]1C=CC=C1.[F][Zr][F]. The van der Waals surface area contributed by atoms with Gasteiger partial charge in [-0.2, -0.15) is 0 Å². The molecule has 0 fully saturated rings. The molecule has 0 atom stereocenters. The molecular weight excluding hydrogens is 189 g/mol. The van der Waals surface area contributed by atoms with Gasteiger partial charge in [-0.25, -0.2) is 0 Å². The number of hydrogen-bond donors (Lipinski definition) is 0. The third kappa shape index (κ3) is 6.22. The van der Waals surface area contributed by atoms with Crippen LogP contribution in [0.2, 0.25) is 0 Å². The van der Waals surface area contributed by atoms with Crippen molar-refractivity contribution in [2.75, 3.05) is 0 Å². The molecule has 0 nitrogen and oxygen atoms in total. The van der Waals surface area contributed by atoms with E-state index in [0.717, 1.165) is 0 Å². The van der Waals surface area contributed by atoms with Gasteiger partial charge in [0.1, 0.15) is 0 Å². The van der Waals surface area contributed by atoms with Gasteiger partial charge in [0.2, 0.25) is 0 Å². The minimum absolute atomic E-state index is 2.00. The summed E-state index contributed by atoms with van der Waals surface area (Å²) in [6.45, 7) is 0. The first-order valence-corrected chi connectivity index (χ1v) is 3.90. The van der Waals surface area contributed by atoms with Crippen LogP contribution < -0.4 is 0 Å². The summed E-state index contributed by atoms with van der Waals surface area (Å²) in [6.07, 6.45) is 10.0. The molecule has 0 N–H and O–H groups in total. The van der Waals surface area contributed by atoms with Gasteiger partial charge in [0.25, 0.3) is 0 Å². The van der Waals surface area contributed by atoms with Crippen molar-refractivity contribution < 1.29 is 29.7 Å². The zero-order valence-electron chi connectivity index (χ0n) is 4.14. The third-order valence-electron chi connectivity index (χ3n) is 0.556. The van der Waals surface area contributed by atoms with Gasteiger partial charge in [-0.05, 0) is 0 Å². The van der Waals surface area contributed by atoms with E-state index in [9.17, 15) is 5.25 Å². The summed E-state index contributed by atoms with van der Waals surface area (Å²) in [6, 6.07) is 0. The molecule has 3 heteroatoms. The average molecular weight is 194 g/mol. The van der Waals surface area contributed by atoms with Gasteiger partial charge in [0, 0.05) is 6.42 Å². The molecule has 0 aromatic rings. The fourth-order valence-electron chi connectivity index (χ4n) is 0.321. The molecule has 1 rings (SSSR count). The Morgan fingerprint density at radius 3 is 1.38 bits per heavy atom. The van der Waals surface area contributed by atoms with Crippen molar-refractivity contribution in [1.29, 1.82) is 0 Å². The predicted molar refractivity (Wildman–Crippen MR) is 24.8 cm³/mol. The van der Waals surface area contributed by atoms with Crippen LogP contribution in [-0.4, -0.2) is 0 Å². The van der Waals surface area contributed by atoms with Gasteiger partial charge in [-0.15, -0.1) is 0 Å². The molecule has 1 aliphatic rings. The zero-order valence-corrected chi connectivity index (χ0v) is 6.60. The van der Waals surface area contributed by atoms with E-state index in [1.165, 1.54) is 0 Å². The first-order chi connectivity index (χ1) is 3.91. The summed E-state index contributed by atoms with van der Waals surface area (Å²) in [5, 5.41) is 0. The van der Waals surface area contributed by atoms with Gasteiger partial charge in [0.05, 0.1) is 0 Å². The summed E-state index contributed by atoms with van der Waals surface area (Å²) in [5.41, 5.74) is 0. The molecule has 43 valence electrons. The maximum atomic E-state index is 9.80. The Hall–Kier alpha value is 0.223. The van der Waals surface area contributed by atoms with Gasteiger partial charge >= 0.3 is 29.7 Å². The van der Waals surface area contributed by atoms with Gasteiger partial charge in [0.15, 0.2) is 0 Å². The van der Waals surface area contributed by atoms with E-state index in [-0.39, 0.29) is 0 Å². The fraction of sp³-hybridized carbons (Fsp3) is 0. The second-order valence-electron chi connectivity index (χ2n) is 1.03. The molecule has 0 aliphatic heterocycles. The number of hydrogen-bond acceptors (Lipinski definition) is 0. The van der Waals surface area contributed by atoms with Gasteiger partial charge < -0.3 is 0 Å². The molecule has 0 saturated carbocycles. The normalized spacial score (nSPS) is 12.8. The van der Waals surface area contributed by atoms with E-state index in [0.29, 0.717) is 0 Å². The van der Waals surface area contributed by atoms with Crippen molar-refractivity contribution in [3.63, 3.8) is 0 Å². The van der Waals surface area contributed by atoms with Crippen molar-refractivity contribution in [1.82, 2.24) is 0 Å². The molecule has 0 amide bonds. The van der Waals surface area contributed by atoms with Gasteiger partial charge in [-0.1, -0.05) is 24.3 Å². The van der Waals surface area contributed by atoms with Crippen LogP contribution in [0.1, 0.15) is 0 Å². The molecular formula is C5H5F2Zr. The zero-order chi connectivity index (χ0) is 6.24. The van der Waals surface area contributed by atoms with Gasteiger partial charge in [-0.3, -0.25) is 0 Å². The Labute approximate surface area is 60.6 Å². The third-order valence-corrected chi connectivity index (χ3v) is 0.556. The molecule has 0 aromatic carbocycles. The maximum absolute atomic E-state index is 9.80. The van der Waals surface area contributed by atoms with Crippen LogP contribution in [0.15, 0.2) is 24.3 Å². The Bertz CT molecular complexity index is 78.4. The number of allylic oxidation sites excluding steroid dienone is 4. The predicted octanol–water partition coefficient (Wildman–Crippen LogP) is 2.15.